The van der Waals surface area contributed by atoms with Gasteiger partial charge in [-0.15, -0.1) is 0 Å². The van der Waals surface area contributed by atoms with Crippen LogP contribution in [0.1, 0.15) is 31.4 Å². The number of hydrogen-bond acceptors (Lipinski definition) is 1. The minimum atomic E-state index is 0.911. The van der Waals surface area contributed by atoms with E-state index in [9.17, 15) is 0 Å². The predicted molar refractivity (Wildman–Crippen MR) is 62.0 cm³/mol. The van der Waals surface area contributed by atoms with Crippen molar-refractivity contribution in [2.75, 3.05) is 13.6 Å². The average molecular weight is 205 g/mol. The van der Waals surface area contributed by atoms with E-state index in [1.54, 1.807) is 4.90 Å². The summed E-state index contributed by atoms with van der Waals surface area (Å²) in [6.45, 7) is 1.22. The molecule has 1 aromatic rings. The zero-order valence-corrected chi connectivity index (χ0v) is 9.58. The highest BCUT2D eigenvalue weighted by molar-refractivity contribution is 5.03. The number of hydrogen-bond donors (Lipinski definition) is 1. The molecule has 0 saturated heterocycles. The highest BCUT2D eigenvalue weighted by atomic mass is 15.1. The van der Waals surface area contributed by atoms with Crippen molar-refractivity contribution in [3.05, 3.63) is 30.1 Å². The third-order valence-corrected chi connectivity index (χ3v) is 3.55. The molecule has 1 fully saturated rings. The molecule has 1 saturated carbocycles. The Hall–Kier alpha value is -0.890. The number of quaternary nitrogens is 1. The van der Waals surface area contributed by atoms with Gasteiger partial charge in [0.15, 0.2) is 0 Å². The van der Waals surface area contributed by atoms with E-state index < -0.39 is 0 Å². The van der Waals surface area contributed by atoms with Gasteiger partial charge < -0.3 is 4.90 Å². The summed E-state index contributed by atoms with van der Waals surface area (Å²) in [5.74, 6) is 0. The van der Waals surface area contributed by atoms with Gasteiger partial charge in [0, 0.05) is 18.3 Å². The second-order valence-corrected chi connectivity index (χ2v) is 4.65. The summed E-state index contributed by atoms with van der Waals surface area (Å²) in [5.41, 5.74) is 1.23. The van der Waals surface area contributed by atoms with E-state index in [1.165, 1.54) is 37.9 Å². The molecule has 1 aliphatic rings. The third kappa shape index (κ3) is 3.03. The van der Waals surface area contributed by atoms with Crippen LogP contribution in [0.2, 0.25) is 0 Å². The van der Waals surface area contributed by atoms with Gasteiger partial charge in [-0.25, -0.2) is 0 Å². The lowest BCUT2D eigenvalue weighted by Gasteiger charge is -2.20. The van der Waals surface area contributed by atoms with Gasteiger partial charge >= 0.3 is 0 Å². The topological polar surface area (TPSA) is 17.3 Å². The van der Waals surface area contributed by atoms with Gasteiger partial charge in [0.1, 0.15) is 0 Å². The van der Waals surface area contributed by atoms with Gasteiger partial charge in [-0.2, -0.15) is 0 Å². The van der Waals surface area contributed by atoms with Gasteiger partial charge in [0.25, 0.3) is 0 Å². The fraction of sp³-hybridized carbons (Fsp3) is 0.615. The molecule has 2 nitrogen and oxygen atoms in total. The molecule has 15 heavy (non-hydrogen) atoms. The lowest BCUT2D eigenvalue weighted by atomic mass is 10.2. The summed E-state index contributed by atoms with van der Waals surface area (Å²) in [4.78, 5) is 6.06. The largest absolute Gasteiger partial charge is 0.335 e. The summed E-state index contributed by atoms with van der Waals surface area (Å²) < 4.78 is 0. The molecule has 0 bridgehead atoms. The predicted octanol–water partition coefficient (Wildman–Crippen LogP) is 1.08. The number of nitrogens with zero attached hydrogens (tertiary/aromatic N) is 1. The van der Waals surface area contributed by atoms with E-state index in [0.717, 1.165) is 12.5 Å². The molecule has 0 aromatic carbocycles. The minimum absolute atomic E-state index is 0.911. The van der Waals surface area contributed by atoms with E-state index in [2.05, 4.69) is 24.2 Å². The van der Waals surface area contributed by atoms with E-state index >= 15 is 0 Å². The number of pyridine rings is 1. The van der Waals surface area contributed by atoms with Crippen LogP contribution in [0.25, 0.3) is 0 Å². The van der Waals surface area contributed by atoms with Crippen LogP contribution in [0.4, 0.5) is 0 Å². The Bertz CT molecular complexity index is 278. The summed E-state index contributed by atoms with van der Waals surface area (Å²) in [7, 11) is 2.33. The average Bonchev–Trinajstić information content (AvgIpc) is 2.81. The van der Waals surface area contributed by atoms with Crippen LogP contribution in [0.3, 0.4) is 0 Å². The molecule has 1 heterocycles. The summed E-state index contributed by atoms with van der Waals surface area (Å²) in [5, 5.41) is 0. The third-order valence-electron chi connectivity index (χ3n) is 3.55. The maximum absolute atomic E-state index is 4.36. The molecule has 2 rings (SSSR count). The summed E-state index contributed by atoms with van der Waals surface area (Å²) in [6.07, 6.45) is 8.72. The van der Waals surface area contributed by atoms with E-state index in [1.807, 2.05) is 12.3 Å². The van der Waals surface area contributed by atoms with Crippen molar-refractivity contribution >= 4 is 0 Å². The molecular formula is C13H21N2+. The van der Waals surface area contributed by atoms with Crippen LogP contribution in [0.5, 0.6) is 0 Å². The Labute approximate surface area is 92.3 Å². The van der Waals surface area contributed by atoms with Crippen molar-refractivity contribution in [3.63, 3.8) is 0 Å². The van der Waals surface area contributed by atoms with E-state index in [-0.39, 0.29) is 0 Å². The maximum atomic E-state index is 4.36. The number of nitrogens with one attached hydrogen (secondary N) is 1. The molecule has 1 aliphatic carbocycles. The molecular weight excluding hydrogens is 184 g/mol. The quantitative estimate of drug-likeness (QED) is 0.778. The van der Waals surface area contributed by atoms with Crippen molar-refractivity contribution in [3.8, 4) is 0 Å². The Morgan fingerprint density at radius 2 is 2.13 bits per heavy atom. The molecule has 1 aromatic heterocycles. The second kappa shape index (κ2) is 5.26. The highest BCUT2D eigenvalue weighted by Crippen LogP contribution is 2.14. The Morgan fingerprint density at radius 3 is 2.80 bits per heavy atom. The lowest BCUT2D eigenvalue weighted by molar-refractivity contribution is -0.905. The van der Waals surface area contributed by atoms with Crippen LogP contribution in [0.15, 0.2) is 24.4 Å². The Morgan fingerprint density at radius 1 is 1.33 bits per heavy atom. The van der Waals surface area contributed by atoms with Crippen molar-refractivity contribution in [2.24, 2.45) is 0 Å². The molecule has 2 heteroatoms. The van der Waals surface area contributed by atoms with Gasteiger partial charge in [-0.3, -0.25) is 4.98 Å². The van der Waals surface area contributed by atoms with Gasteiger partial charge in [-0.05, 0) is 37.8 Å². The summed E-state index contributed by atoms with van der Waals surface area (Å²) in [6, 6.07) is 7.10. The normalized spacial score (nSPS) is 19.3. The van der Waals surface area contributed by atoms with Crippen molar-refractivity contribution in [1.82, 2.24) is 4.98 Å². The Kier molecular flexibility index (Phi) is 3.73. The first kappa shape index (κ1) is 10.6. The number of rotatable bonds is 4. The van der Waals surface area contributed by atoms with Crippen molar-refractivity contribution in [2.45, 2.75) is 38.1 Å². The van der Waals surface area contributed by atoms with Gasteiger partial charge in [-0.1, -0.05) is 6.07 Å². The molecule has 0 aliphatic heterocycles. The molecule has 1 atom stereocenters. The maximum Gasteiger partial charge on any atom is 0.0872 e. The molecule has 1 unspecified atom stereocenters. The van der Waals surface area contributed by atoms with Crippen molar-refractivity contribution in [1.29, 1.82) is 0 Å². The molecule has 1 N–H and O–H groups in total. The van der Waals surface area contributed by atoms with Crippen LogP contribution >= 0.6 is 0 Å². The SMILES string of the molecule is C[NH+](CCc1ccccn1)C1CCCC1. The summed E-state index contributed by atoms with van der Waals surface area (Å²) >= 11 is 0. The zero-order valence-electron chi connectivity index (χ0n) is 9.58. The standard InChI is InChI=1S/C13H20N2/c1-15(13-7-2-3-8-13)11-9-12-6-4-5-10-14-12/h4-6,10,13H,2-3,7-9,11H2,1H3/p+1. The zero-order chi connectivity index (χ0) is 10.5. The van der Waals surface area contributed by atoms with Crippen molar-refractivity contribution < 1.29 is 4.90 Å². The first-order valence-corrected chi connectivity index (χ1v) is 6.08. The molecule has 0 spiro atoms. The van der Waals surface area contributed by atoms with E-state index in [0.29, 0.717) is 0 Å². The second-order valence-electron chi connectivity index (χ2n) is 4.65. The van der Waals surface area contributed by atoms with E-state index in [4.69, 9.17) is 0 Å². The van der Waals surface area contributed by atoms with Crippen LogP contribution < -0.4 is 4.90 Å². The highest BCUT2D eigenvalue weighted by Gasteiger charge is 2.22. The van der Waals surface area contributed by atoms with Crippen LogP contribution in [0, 0.1) is 0 Å². The molecule has 0 radical (unpaired) electrons. The first-order valence-electron chi connectivity index (χ1n) is 6.08. The fourth-order valence-electron chi connectivity index (χ4n) is 2.49. The van der Waals surface area contributed by atoms with Crippen LogP contribution in [-0.4, -0.2) is 24.6 Å². The number of aromatic nitrogens is 1. The molecule has 82 valence electrons. The first-order chi connectivity index (χ1) is 7.36. The monoisotopic (exact) mass is 205 g/mol. The fourth-order valence-corrected chi connectivity index (χ4v) is 2.49. The number of likely N-dealkylation sites (N-methyl/N-ethyl adjacent to an activating group) is 1. The van der Waals surface area contributed by atoms with Crippen LogP contribution in [-0.2, 0) is 6.42 Å². The van der Waals surface area contributed by atoms with Gasteiger partial charge in [0.05, 0.1) is 19.6 Å². The molecule has 0 amide bonds. The smallest absolute Gasteiger partial charge is 0.0872 e. The lowest BCUT2D eigenvalue weighted by Crippen LogP contribution is -3.13. The van der Waals surface area contributed by atoms with Gasteiger partial charge in [0.2, 0.25) is 0 Å². The Balaban J connectivity index is 1.77. The minimum Gasteiger partial charge on any atom is -0.335 e.